The molecule has 1 atom stereocenters. The molecule has 4 rings (SSSR count). The molecule has 1 saturated heterocycles. The lowest BCUT2D eigenvalue weighted by atomic mass is 9.95. The van der Waals surface area contributed by atoms with E-state index >= 15 is 0 Å². The molecule has 3 aromatic rings. The molecule has 7 nitrogen and oxygen atoms in total. The van der Waals surface area contributed by atoms with Gasteiger partial charge in [0.1, 0.15) is 11.4 Å². The Morgan fingerprint density at radius 3 is 2.71 bits per heavy atom. The first kappa shape index (κ1) is 21.3. The predicted octanol–water partition coefficient (Wildman–Crippen LogP) is 3.89. The van der Waals surface area contributed by atoms with Crippen molar-refractivity contribution in [1.82, 2.24) is 14.8 Å². The zero-order valence-electron chi connectivity index (χ0n) is 16.9. The second-order valence-corrected chi connectivity index (χ2v) is 8.00. The molecule has 0 bridgehead atoms. The Morgan fingerprint density at radius 2 is 2.06 bits per heavy atom. The van der Waals surface area contributed by atoms with Crippen molar-refractivity contribution in [3.05, 3.63) is 53.5 Å². The van der Waals surface area contributed by atoms with Gasteiger partial charge in [-0.05, 0) is 44.5 Å². The van der Waals surface area contributed by atoms with Crippen LogP contribution in [0, 0.1) is 0 Å². The van der Waals surface area contributed by atoms with Crippen LogP contribution in [-0.2, 0) is 16.5 Å². The third-order valence-electron chi connectivity index (χ3n) is 5.12. The van der Waals surface area contributed by atoms with E-state index in [1.165, 1.54) is 6.07 Å². The van der Waals surface area contributed by atoms with E-state index < -0.39 is 23.4 Å². The molecule has 1 aliphatic rings. The average Bonchev–Trinajstić information content (AvgIpc) is 3.35. The lowest BCUT2D eigenvalue weighted by Crippen LogP contribution is -2.22. The topological polar surface area (TPSA) is 89.3 Å². The number of benzene rings is 1. The molecule has 0 saturated carbocycles. The first-order valence-electron chi connectivity index (χ1n) is 9.71. The maximum absolute atomic E-state index is 12.9. The van der Waals surface area contributed by atoms with Crippen molar-refractivity contribution in [3.63, 3.8) is 0 Å². The molecular weight excluding hydrogens is 413 g/mol. The summed E-state index contributed by atoms with van der Waals surface area (Å²) in [5.74, 6) is -0.812. The number of carbonyl (C=O) groups excluding carboxylic acids is 1. The molecule has 10 heteroatoms. The third-order valence-corrected chi connectivity index (χ3v) is 5.12. The van der Waals surface area contributed by atoms with Crippen molar-refractivity contribution in [3.8, 4) is 0 Å². The molecule has 1 aromatic carbocycles. The minimum Gasteiger partial charge on any atom is -0.386 e. The fourth-order valence-electron chi connectivity index (χ4n) is 3.52. The van der Waals surface area contributed by atoms with Gasteiger partial charge in [0.05, 0.1) is 23.8 Å². The highest BCUT2D eigenvalue weighted by molar-refractivity contribution is 6.04. The zero-order chi connectivity index (χ0) is 22.4. The highest BCUT2D eigenvalue weighted by atomic mass is 19.4. The van der Waals surface area contributed by atoms with E-state index in [1.54, 1.807) is 30.7 Å². The van der Waals surface area contributed by atoms with Gasteiger partial charge in [-0.2, -0.15) is 18.3 Å². The Bertz CT molecular complexity index is 1130. The van der Waals surface area contributed by atoms with E-state index in [0.717, 1.165) is 18.6 Å². The highest BCUT2D eigenvalue weighted by Crippen LogP contribution is 2.33. The summed E-state index contributed by atoms with van der Waals surface area (Å²) < 4.78 is 46.0. The van der Waals surface area contributed by atoms with Crippen LogP contribution in [0.4, 0.5) is 18.9 Å². The molecular formula is C21H21F3N4O3. The van der Waals surface area contributed by atoms with Gasteiger partial charge < -0.3 is 15.2 Å². The van der Waals surface area contributed by atoms with Gasteiger partial charge in [-0.1, -0.05) is 6.07 Å². The summed E-state index contributed by atoms with van der Waals surface area (Å²) in [5, 5.41) is 18.5. The lowest BCUT2D eigenvalue weighted by molar-refractivity contribution is -0.141. The van der Waals surface area contributed by atoms with Crippen LogP contribution in [0.3, 0.4) is 0 Å². The van der Waals surface area contributed by atoms with Crippen LogP contribution in [0.1, 0.15) is 48.1 Å². The standard InChI is InChI=1S/C21H21F3N4O3/c1-20(2,30)14-9-16-12(10-28(27-16)13-6-7-31-11-13)8-17(14)26-19(29)15-4-3-5-18(25-15)21(22,23)24/h3-5,8-10,13,30H,6-7,11H2,1-2H3,(H,26,29)/t13-/m0/s1. The summed E-state index contributed by atoms with van der Waals surface area (Å²) in [6.45, 7) is 4.31. The number of hydrogen-bond donors (Lipinski definition) is 2. The minimum absolute atomic E-state index is 0.102. The number of aliphatic hydroxyl groups is 1. The maximum atomic E-state index is 12.9. The number of aromatic nitrogens is 3. The van der Waals surface area contributed by atoms with Crippen LogP contribution < -0.4 is 5.32 Å². The Labute approximate surface area is 175 Å². The summed E-state index contributed by atoms with van der Waals surface area (Å²) in [6.07, 6.45) is -2.01. The molecule has 0 spiro atoms. The van der Waals surface area contributed by atoms with Crippen LogP contribution in [0.5, 0.6) is 0 Å². The first-order chi connectivity index (χ1) is 14.5. The molecule has 0 aliphatic carbocycles. The van der Waals surface area contributed by atoms with Crippen LogP contribution in [0.25, 0.3) is 10.9 Å². The quantitative estimate of drug-likeness (QED) is 0.650. The Kier molecular flexibility index (Phi) is 5.22. The van der Waals surface area contributed by atoms with Crippen molar-refractivity contribution in [2.24, 2.45) is 0 Å². The molecule has 2 aromatic heterocycles. The number of halogens is 3. The van der Waals surface area contributed by atoms with E-state index in [0.29, 0.717) is 29.7 Å². The second kappa shape index (κ2) is 7.61. The number of amides is 1. The van der Waals surface area contributed by atoms with Gasteiger partial charge in [-0.25, -0.2) is 4.98 Å². The van der Waals surface area contributed by atoms with Gasteiger partial charge in [-0.15, -0.1) is 0 Å². The Balaban J connectivity index is 1.71. The molecule has 2 N–H and O–H groups in total. The molecule has 1 amide bonds. The predicted molar refractivity (Wildman–Crippen MR) is 107 cm³/mol. The number of ether oxygens (including phenoxy) is 1. The number of hydrogen-bond acceptors (Lipinski definition) is 5. The van der Waals surface area contributed by atoms with E-state index in [4.69, 9.17) is 4.74 Å². The fraction of sp³-hybridized carbons (Fsp3) is 0.381. The monoisotopic (exact) mass is 434 g/mol. The molecule has 0 radical (unpaired) electrons. The van der Waals surface area contributed by atoms with Gasteiger partial charge in [0.25, 0.3) is 5.91 Å². The number of nitrogens with one attached hydrogen (secondary N) is 1. The van der Waals surface area contributed by atoms with Crippen molar-refractivity contribution in [2.75, 3.05) is 18.5 Å². The number of alkyl halides is 3. The number of rotatable bonds is 4. The van der Waals surface area contributed by atoms with E-state index in [-0.39, 0.29) is 17.4 Å². The molecule has 1 aliphatic heterocycles. The Hall–Kier alpha value is -2.98. The van der Waals surface area contributed by atoms with Gasteiger partial charge in [-0.3, -0.25) is 9.48 Å². The van der Waals surface area contributed by atoms with Gasteiger partial charge in [0.2, 0.25) is 0 Å². The molecule has 0 unspecified atom stereocenters. The zero-order valence-corrected chi connectivity index (χ0v) is 16.9. The molecule has 31 heavy (non-hydrogen) atoms. The lowest BCUT2D eigenvalue weighted by Gasteiger charge is -2.22. The number of nitrogens with zero attached hydrogens (tertiary/aromatic N) is 3. The number of anilines is 1. The maximum Gasteiger partial charge on any atom is 0.433 e. The largest absolute Gasteiger partial charge is 0.433 e. The van der Waals surface area contributed by atoms with E-state index in [9.17, 15) is 23.1 Å². The van der Waals surface area contributed by atoms with Crippen molar-refractivity contribution in [1.29, 1.82) is 0 Å². The van der Waals surface area contributed by atoms with E-state index in [2.05, 4.69) is 15.4 Å². The van der Waals surface area contributed by atoms with Crippen molar-refractivity contribution >= 4 is 22.5 Å². The molecule has 3 heterocycles. The summed E-state index contributed by atoms with van der Waals surface area (Å²) in [7, 11) is 0. The number of pyridine rings is 1. The Morgan fingerprint density at radius 1 is 1.29 bits per heavy atom. The van der Waals surface area contributed by atoms with Crippen LogP contribution in [-0.4, -0.2) is 39.0 Å². The summed E-state index contributed by atoms with van der Waals surface area (Å²) in [5.41, 5.74) is -1.59. The first-order valence-corrected chi connectivity index (χ1v) is 9.71. The summed E-state index contributed by atoms with van der Waals surface area (Å²) in [6, 6.07) is 6.53. The van der Waals surface area contributed by atoms with E-state index in [1.807, 2.05) is 6.20 Å². The van der Waals surface area contributed by atoms with Crippen LogP contribution in [0.15, 0.2) is 36.5 Å². The number of carbonyl (C=O) groups is 1. The normalized spacial score (nSPS) is 17.3. The third kappa shape index (κ3) is 4.40. The van der Waals surface area contributed by atoms with Crippen molar-refractivity contribution in [2.45, 2.75) is 38.1 Å². The highest BCUT2D eigenvalue weighted by Gasteiger charge is 2.33. The van der Waals surface area contributed by atoms with Crippen LogP contribution in [0.2, 0.25) is 0 Å². The molecule has 1 fully saturated rings. The second-order valence-electron chi connectivity index (χ2n) is 8.00. The summed E-state index contributed by atoms with van der Waals surface area (Å²) >= 11 is 0. The minimum atomic E-state index is -4.66. The fourth-order valence-corrected chi connectivity index (χ4v) is 3.52. The smallest absolute Gasteiger partial charge is 0.386 e. The SMILES string of the molecule is CC(C)(O)c1cc2nn([C@H]3CCOC3)cc2cc1NC(=O)c1cccc(C(F)(F)F)n1. The average molecular weight is 434 g/mol. The molecule has 164 valence electrons. The van der Waals surface area contributed by atoms with Gasteiger partial charge in [0.15, 0.2) is 0 Å². The van der Waals surface area contributed by atoms with Crippen molar-refractivity contribution < 1.29 is 27.8 Å². The summed E-state index contributed by atoms with van der Waals surface area (Å²) in [4.78, 5) is 16.1. The van der Waals surface area contributed by atoms with Crippen LogP contribution >= 0.6 is 0 Å². The van der Waals surface area contributed by atoms with Gasteiger partial charge >= 0.3 is 6.18 Å². The van der Waals surface area contributed by atoms with Gasteiger partial charge in [0, 0.05) is 29.4 Å². The number of fused-ring (bicyclic) bond motifs is 1.